The SMILES string of the molecule is CC(=O)[C@H]1C(=O)C(=O)N(c2ccc(S(N)(=O)=O)cc2)C1=O. The van der Waals surface area contributed by atoms with Crippen molar-refractivity contribution in [1.82, 2.24) is 0 Å². The molecule has 0 aromatic heterocycles. The standard InChI is InChI=1S/C12H10N2O6S/c1-6(15)9-10(16)12(18)14(11(9)17)7-2-4-8(5-3-7)21(13,19)20/h2-5,9H,1H3,(H2,13,19,20)/t9-/m0/s1. The van der Waals surface area contributed by atoms with Crippen molar-refractivity contribution in [3.05, 3.63) is 24.3 Å². The summed E-state index contributed by atoms with van der Waals surface area (Å²) >= 11 is 0. The number of hydrogen-bond acceptors (Lipinski definition) is 6. The molecule has 8 nitrogen and oxygen atoms in total. The summed E-state index contributed by atoms with van der Waals surface area (Å²) in [5, 5.41) is 4.92. The second-order valence-corrected chi connectivity index (χ2v) is 5.99. The second-order valence-electron chi connectivity index (χ2n) is 4.43. The zero-order chi connectivity index (χ0) is 15.9. The number of imide groups is 1. The van der Waals surface area contributed by atoms with Gasteiger partial charge in [-0.15, -0.1) is 0 Å². The highest BCUT2D eigenvalue weighted by Gasteiger charge is 2.49. The van der Waals surface area contributed by atoms with Gasteiger partial charge in [-0.05, 0) is 31.2 Å². The third-order valence-corrected chi connectivity index (χ3v) is 3.90. The quantitative estimate of drug-likeness (QED) is 0.432. The molecule has 1 aromatic carbocycles. The van der Waals surface area contributed by atoms with Crippen LogP contribution in [0.15, 0.2) is 29.2 Å². The molecule has 1 fully saturated rings. The van der Waals surface area contributed by atoms with Crippen molar-refractivity contribution in [3.8, 4) is 0 Å². The monoisotopic (exact) mass is 310 g/mol. The van der Waals surface area contributed by atoms with Crippen LogP contribution in [-0.2, 0) is 29.2 Å². The fourth-order valence-corrected chi connectivity index (χ4v) is 2.48. The minimum atomic E-state index is -3.91. The van der Waals surface area contributed by atoms with Crippen LogP contribution in [-0.4, -0.2) is 31.8 Å². The number of rotatable bonds is 3. The van der Waals surface area contributed by atoms with Crippen LogP contribution in [0, 0.1) is 5.92 Å². The van der Waals surface area contributed by atoms with Crippen LogP contribution in [0.5, 0.6) is 0 Å². The van der Waals surface area contributed by atoms with Crippen LogP contribution < -0.4 is 10.0 Å². The molecule has 2 amide bonds. The van der Waals surface area contributed by atoms with E-state index < -0.39 is 39.3 Å². The number of nitrogens with two attached hydrogens (primary N) is 1. The molecule has 0 aliphatic carbocycles. The number of benzene rings is 1. The van der Waals surface area contributed by atoms with E-state index in [9.17, 15) is 27.6 Å². The predicted octanol–water partition coefficient (Wildman–Crippen LogP) is -1.02. The molecule has 0 spiro atoms. The molecule has 1 heterocycles. The van der Waals surface area contributed by atoms with Gasteiger partial charge in [0, 0.05) is 0 Å². The van der Waals surface area contributed by atoms with E-state index in [1.807, 2.05) is 0 Å². The average molecular weight is 310 g/mol. The number of sulfonamides is 1. The van der Waals surface area contributed by atoms with Gasteiger partial charge in [0.2, 0.25) is 15.8 Å². The number of primary sulfonamides is 1. The van der Waals surface area contributed by atoms with E-state index in [2.05, 4.69) is 0 Å². The largest absolute Gasteiger partial charge is 0.302 e. The fourth-order valence-electron chi connectivity index (χ4n) is 1.96. The van der Waals surface area contributed by atoms with Gasteiger partial charge in [-0.1, -0.05) is 0 Å². The minimum absolute atomic E-state index is 0.00509. The van der Waals surface area contributed by atoms with E-state index in [0.717, 1.165) is 31.2 Å². The van der Waals surface area contributed by atoms with Gasteiger partial charge in [0.15, 0.2) is 5.92 Å². The number of ketones is 2. The molecule has 1 saturated heterocycles. The lowest BCUT2D eigenvalue weighted by molar-refractivity contribution is -0.139. The normalized spacial score (nSPS) is 19.2. The van der Waals surface area contributed by atoms with E-state index >= 15 is 0 Å². The van der Waals surface area contributed by atoms with Gasteiger partial charge in [0.05, 0.1) is 10.6 Å². The summed E-state index contributed by atoms with van der Waals surface area (Å²) in [4.78, 5) is 47.0. The number of hydrogen-bond donors (Lipinski definition) is 1. The van der Waals surface area contributed by atoms with E-state index in [4.69, 9.17) is 5.14 Å². The predicted molar refractivity (Wildman–Crippen MR) is 69.5 cm³/mol. The van der Waals surface area contributed by atoms with Crippen molar-refractivity contribution in [2.24, 2.45) is 11.1 Å². The van der Waals surface area contributed by atoms with E-state index in [-0.39, 0.29) is 10.6 Å². The number of carbonyl (C=O) groups excluding carboxylic acids is 4. The highest BCUT2D eigenvalue weighted by Crippen LogP contribution is 2.25. The van der Waals surface area contributed by atoms with Gasteiger partial charge in [-0.3, -0.25) is 19.2 Å². The number of carbonyl (C=O) groups is 4. The lowest BCUT2D eigenvalue weighted by atomic mass is 10.0. The summed E-state index contributed by atoms with van der Waals surface area (Å²) in [7, 11) is -3.91. The van der Waals surface area contributed by atoms with Crippen molar-refractivity contribution in [2.45, 2.75) is 11.8 Å². The lowest BCUT2D eigenvalue weighted by Crippen LogP contribution is -2.32. The molecule has 110 valence electrons. The molecule has 2 rings (SSSR count). The molecule has 21 heavy (non-hydrogen) atoms. The highest BCUT2D eigenvalue weighted by atomic mass is 32.2. The Morgan fingerprint density at radius 1 is 1.14 bits per heavy atom. The van der Waals surface area contributed by atoms with Crippen LogP contribution in [0.1, 0.15) is 6.92 Å². The van der Waals surface area contributed by atoms with Crippen LogP contribution in [0.25, 0.3) is 0 Å². The summed E-state index contributed by atoms with van der Waals surface area (Å²) in [5.41, 5.74) is -0.00509. The number of amides is 2. The first kappa shape index (κ1) is 15.0. The lowest BCUT2D eigenvalue weighted by Gasteiger charge is -2.13. The Hall–Kier alpha value is -2.39. The van der Waals surface area contributed by atoms with Gasteiger partial charge < -0.3 is 0 Å². The summed E-state index contributed by atoms with van der Waals surface area (Å²) < 4.78 is 22.2. The van der Waals surface area contributed by atoms with Crippen molar-refractivity contribution >= 4 is 39.1 Å². The Morgan fingerprint density at radius 2 is 1.67 bits per heavy atom. The van der Waals surface area contributed by atoms with Crippen LogP contribution in [0.4, 0.5) is 5.69 Å². The van der Waals surface area contributed by atoms with Gasteiger partial charge in [-0.2, -0.15) is 0 Å². The van der Waals surface area contributed by atoms with Crippen LogP contribution >= 0.6 is 0 Å². The minimum Gasteiger partial charge on any atom is -0.299 e. The molecule has 1 atom stereocenters. The van der Waals surface area contributed by atoms with Crippen molar-refractivity contribution in [2.75, 3.05) is 4.90 Å². The fraction of sp³-hybridized carbons (Fsp3) is 0.167. The summed E-state index contributed by atoms with van der Waals surface area (Å²) in [6.07, 6.45) is 0. The van der Waals surface area contributed by atoms with Gasteiger partial charge >= 0.3 is 5.91 Å². The molecule has 0 unspecified atom stereocenters. The van der Waals surface area contributed by atoms with Gasteiger partial charge in [0.25, 0.3) is 5.91 Å². The van der Waals surface area contributed by atoms with Crippen LogP contribution in [0.2, 0.25) is 0 Å². The Bertz CT molecular complexity index is 765. The molecule has 2 N–H and O–H groups in total. The maximum absolute atomic E-state index is 12.0. The summed E-state index contributed by atoms with van der Waals surface area (Å²) in [6.45, 7) is 1.04. The molecule has 0 bridgehead atoms. The number of Topliss-reactive ketones (excluding diaryl/α,β-unsaturated/α-hetero) is 2. The average Bonchev–Trinajstić information content (AvgIpc) is 2.59. The van der Waals surface area contributed by atoms with Crippen molar-refractivity contribution in [3.63, 3.8) is 0 Å². The Labute approximate surface area is 119 Å². The Morgan fingerprint density at radius 3 is 2.05 bits per heavy atom. The number of nitrogens with zero attached hydrogens (tertiary/aromatic N) is 1. The summed E-state index contributed by atoms with van der Waals surface area (Å²) in [5.74, 6) is -5.51. The topological polar surface area (TPSA) is 132 Å². The highest BCUT2D eigenvalue weighted by molar-refractivity contribution is 7.89. The van der Waals surface area contributed by atoms with Crippen LogP contribution in [0.3, 0.4) is 0 Å². The third kappa shape index (κ3) is 2.48. The molecular weight excluding hydrogens is 300 g/mol. The Kier molecular flexibility index (Phi) is 3.47. The summed E-state index contributed by atoms with van der Waals surface area (Å²) in [6, 6.07) is 4.50. The second kappa shape index (κ2) is 4.86. The maximum Gasteiger partial charge on any atom is 0.302 e. The van der Waals surface area contributed by atoms with Gasteiger partial charge in [-0.25, -0.2) is 18.5 Å². The first-order valence-corrected chi connectivity index (χ1v) is 7.24. The van der Waals surface area contributed by atoms with E-state index in [1.54, 1.807) is 0 Å². The molecule has 0 saturated carbocycles. The molecule has 1 aliphatic heterocycles. The molecule has 9 heteroatoms. The molecule has 1 aromatic rings. The molecular formula is C12H10N2O6S. The van der Waals surface area contributed by atoms with E-state index in [0.29, 0.717) is 4.90 Å². The number of anilines is 1. The van der Waals surface area contributed by atoms with E-state index in [1.165, 1.54) is 0 Å². The van der Waals surface area contributed by atoms with Crippen molar-refractivity contribution in [1.29, 1.82) is 0 Å². The first-order chi connectivity index (χ1) is 9.64. The zero-order valence-corrected chi connectivity index (χ0v) is 11.6. The van der Waals surface area contributed by atoms with Gasteiger partial charge in [0.1, 0.15) is 5.78 Å². The third-order valence-electron chi connectivity index (χ3n) is 2.97. The first-order valence-electron chi connectivity index (χ1n) is 5.70. The maximum atomic E-state index is 12.0. The van der Waals surface area contributed by atoms with Crippen molar-refractivity contribution < 1.29 is 27.6 Å². The zero-order valence-electron chi connectivity index (χ0n) is 10.8. The molecule has 1 aliphatic rings. The molecule has 0 radical (unpaired) electrons. The Balaban J connectivity index is 2.43. The smallest absolute Gasteiger partial charge is 0.299 e.